The first-order chi connectivity index (χ1) is 10.5. The van der Waals surface area contributed by atoms with Crippen LogP contribution in [-0.2, 0) is 14.3 Å². The van der Waals surface area contributed by atoms with Gasteiger partial charge in [-0.1, -0.05) is 0 Å². The minimum absolute atomic E-state index is 0.0773. The number of amides is 1. The second kappa shape index (κ2) is 10.1. The van der Waals surface area contributed by atoms with Gasteiger partial charge in [0.05, 0.1) is 19.8 Å². The number of ether oxygens (including phenoxy) is 2. The molecule has 0 bridgehead atoms. The second-order valence-corrected chi connectivity index (χ2v) is 5.70. The van der Waals surface area contributed by atoms with Crippen molar-refractivity contribution in [3.8, 4) is 0 Å². The van der Waals surface area contributed by atoms with Gasteiger partial charge in [-0.3, -0.25) is 4.79 Å². The summed E-state index contributed by atoms with van der Waals surface area (Å²) >= 11 is 0. The Hall–Kier alpha value is -0.770. The third-order valence-electron chi connectivity index (χ3n) is 3.53. The minimum atomic E-state index is -1.19. The van der Waals surface area contributed by atoms with Crippen molar-refractivity contribution in [2.45, 2.75) is 37.3 Å². The Morgan fingerprint density at radius 3 is 2.73 bits per heavy atom. The van der Waals surface area contributed by atoms with Crippen molar-refractivity contribution in [2.24, 2.45) is 0 Å². The number of hydrogen-bond donors (Lipinski definition) is 4. The molecule has 3 unspecified atom stereocenters. The average molecular weight is 320 g/mol. The van der Waals surface area contributed by atoms with E-state index < -0.39 is 24.4 Å². The summed E-state index contributed by atoms with van der Waals surface area (Å²) in [6.45, 7) is 1.38. The molecule has 4 atom stereocenters. The molecule has 130 valence electrons. The zero-order valence-electron chi connectivity index (χ0n) is 13.3. The van der Waals surface area contributed by atoms with Crippen molar-refractivity contribution in [1.82, 2.24) is 10.2 Å². The standard InChI is InChI=1S/C14H28N2O6/c1-16(2)6-3-5-15-12(18)4-7-21-11-9-22-10(8-17)13(19)14(11)20/h10-11,13-14,17,19-20H,3-9H2,1-2H3,(H,15,18)/t10?,11?,13-,14?/m1/s1. The van der Waals surface area contributed by atoms with Gasteiger partial charge >= 0.3 is 0 Å². The highest BCUT2D eigenvalue weighted by Crippen LogP contribution is 2.17. The number of carbonyl (C=O) groups excluding carboxylic acids is 1. The van der Waals surface area contributed by atoms with Gasteiger partial charge in [-0.2, -0.15) is 0 Å². The highest BCUT2D eigenvalue weighted by Gasteiger charge is 2.38. The quantitative estimate of drug-likeness (QED) is 0.362. The van der Waals surface area contributed by atoms with E-state index in [1.54, 1.807) is 0 Å². The van der Waals surface area contributed by atoms with Gasteiger partial charge in [0.25, 0.3) is 0 Å². The van der Waals surface area contributed by atoms with Gasteiger partial charge in [-0.15, -0.1) is 0 Å². The molecular weight excluding hydrogens is 292 g/mol. The first-order valence-corrected chi connectivity index (χ1v) is 7.57. The maximum Gasteiger partial charge on any atom is 0.222 e. The number of nitrogens with zero attached hydrogens (tertiary/aromatic N) is 1. The largest absolute Gasteiger partial charge is 0.394 e. The average Bonchev–Trinajstić information content (AvgIpc) is 2.48. The van der Waals surface area contributed by atoms with Crippen LogP contribution in [0, 0.1) is 0 Å². The highest BCUT2D eigenvalue weighted by molar-refractivity contribution is 5.75. The van der Waals surface area contributed by atoms with Crippen LogP contribution in [0.1, 0.15) is 12.8 Å². The fourth-order valence-corrected chi connectivity index (χ4v) is 2.18. The zero-order chi connectivity index (χ0) is 16.5. The Bertz CT molecular complexity index is 328. The minimum Gasteiger partial charge on any atom is -0.394 e. The number of rotatable bonds is 9. The van der Waals surface area contributed by atoms with E-state index in [0.29, 0.717) is 6.54 Å². The predicted molar refractivity (Wildman–Crippen MR) is 79.4 cm³/mol. The molecule has 1 aliphatic rings. The second-order valence-electron chi connectivity index (χ2n) is 5.70. The molecule has 0 saturated carbocycles. The number of nitrogens with one attached hydrogen (secondary N) is 1. The number of aliphatic hydroxyl groups excluding tert-OH is 3. The van der Waals surface area contributed by atoms with Crippen molar-refractivity contribution < 1.29 is 29.6 Å². The van der Waals surface area contributed by atoms with Crippen LogP contribution in [-0.4, -0.2) is 97.5 Å². The summed E-state index contributed by atoms with van der Waals surface area (Å²) in [7, 11) is 3.95. The molecule has 0 radical (unpaired) electrons. The lowest BCUT2D eigenvalue weighted by Gasteiger charge is -2.36. The summed E-state index contributed by atoms with van der Waals surface area (Å²) in [5.41, 5.74) is 0. The molecule has 0 aliphatic carbocycles. The number of aliphatic hydroxyl groups is 3. The molecule has 8 heteroatoms. The molecule has 1 aliphatic heterocycles. The van der Waals surface area contributed by atoms with Gasteiger partial charge in [0, 0.05) is 13.0 Å². The Morgan fingerprint density at radius 2 is 2.09 bits per heavy atom. The van der Waals surface area contributed by atoms with Gasteiger partial charge in [0.1, 0.15) is 24.4 Å². The molecule has 0 aromatic rings. The molecule has 1 heterocycles. The fourth-order valence-electron chi connectivity index (χ4n) is 2.18. The molecule has 1 amide bonds. The topological polar surface area (TPSA) is 111 Å². The van der Waals surface area contributed by atoms with Crippen LogP contribution in [0.3, 0.4) is 0 Å². The van der Waals surface area contributed by atoms with E-state index in [4.69, 9.17) is 14.6 Å². The monoisotopic (exact) mass is 320 g/mol. The van der Waals surface area contributed by atoms with E-state index in [1.807, 2.05) is 19.0 Å². The van der Waals surface area contributed by atoms with Gasteiger partial charge in [0.15, 0.2) is 0 Å². The normalized spacial score (nSPS) is 28.8. The van der Waals surface area contributed by atoms with Crippen LogP contribution in [0.2, 0.25) is 0 Å². The van der Waals surface area contributed by atoms with E-state index in [9.17, 15) is 15.0 Å². The van der Waals surface area contributed by atoms with Crippen LogP contribution < -0.4 is 5.32 Å². The Balaban J connectivity index is 2.14. The van der Waals surface area contributed by atoms with Crippen LogP contribution in [0.4, 0.5) is 0 Å². The van der Waals surface area contributed by atoms with Crippen molar-refractivity contribution in [3.05, 3.63) is 0 Å². The predicted octanol–water partition coefficient (Wildman–Crippen LogP) is -2.06. The van der Waals surface area contributed by atoms with Crippen molar-refractivity contribution in [1.29, 1.82) is 0 Å². The van der Waals surface area contributed by atoms with Crippen molar-refractivity contribution in [3.63, 3.8) is 0 Å². The Morgan fingerprint density at radius 1 is 1.36 bits per heavy atom. The molecule has 0 aromatic carbocycles. The Kier molecular flexibility index (Phi) is 8.84. The van der Waals surface area contributed by atoms with Gasteiger partial charge < -0.3 is 35.0 Å². The first-order valence-electron chi connectivity index (χ1n) is 7.57. The molecule has 8 nitrogen and oxygen atoms in total. The van der Waals surface area contributed by atoms with Gasteiger partial charge in [-0.25, -0.2) is 0 Å². The van der Waals surface area contributed by atoms with E-state index in [1.165, 1.54) is 0 Å². The smallest absolute Gasteiger partial charge is 0.222 e. The summed E-state index contributed by atoms with van der Waals surface area (Å²) < 4.78 is 10.6. The van der Waals surface area contributed by atoms with Crippen LogP contribution in [0.15, 0.2) is 0 Å². The van der Waals surface area contributed by atoms with Crippen LogP contribution in [0.25, 0.3) is 0 Å². The Labute approximate surface area is 131 Å². The highest BCUT2D eigenvalue weighted by atomic mass is 16.6. The van der Waals surface area contributed by atoms with Crippen molar-refractivity contribution >= 4 is 5.91 Å². The lowest BCUT2D eigenvalue weighted by atomic mass is 10.0. The van der Waals surface area contributed by atoms with Crippen LogP contribution >= 0.6 is 0 Å². The molecule has 22 heavy (non-hydrogen) atoms. The molecule has 0 spiro atoms. The molecular formula is C14H28N2O6. The summed E-state index contributed by atoms with van der Waals surface area (Å²) in [4.78, 5) is 13.6. The molecule has 4 N–H and O–H groups in total. The maximum absolute atomic E-state index is 11.6. The fraction of sp³-hybridized carbons (Fsp3) is 0.929. The summed E-state index contributed by atoms with van der Waals surface area (Å²) in [6.07, 6.45) is -2.75. The van der Waals surface area contributed by atoms with Gasteiger partial charge in [0.2, 0.25) is 5.91 Å². The summed E-state index contributed by atoms with van der Waals surface area (Å²) in [6, 6.07) is 0. The zero-order valence-corrected chi connectivity index (χ0v) is 13.3. The van der Waals surface area contributed by atoms with Gasteiger partial charge in [-0.05, 0) is 27.1 Å². The lowest BCUT2D eigenvalue weighted by molar-refractivity contribution is -0.208. The van der Waals surface area contributed by atoms with E-state index in [0.717, 1.165) is 13.0 Å². The summed E-state index contributed by atoms with van der Waals surface area (Å²) in [5, 5.41) is 31.3. The molecule has 1 fully saturated rings. The number of carbonyl (C=O) groups is 1. The third-order valence-corrected chi connectivity index (χ3v) is 3.53. The number of hydrogen-bond acceptors (Lipinski definition) is 7. The SMILES string of the molecule is CN(C)CCCNC(=O)CCOC1COC(CO)[C@@H](O)C1O. The molecule has 1 saturated heterocycles. The van der Waals surface area contributed by atoms with Crippen LogP contribution in [0.5, 0.6) is 0 Å². The first kappa shape index (κ1) is 19.3. The third kappa shape index (κ3) is 6.55. The molecule has 0 aromatic heterocycles. The van der Waals surface area contributed by atoms with Crippen molar-refractivity contribution in [2.75, 3.05) is 47.0 Å². The molecule has 1 rings (SSSR count). The lowest BCUT2D eigenvalue weighted by Crippen LogP contribution is -2.55. The maximum atomic E-state index is 11.6. The van der Waals surface area contributed by atoms with E-state index >= 15 is 0 Å². The summed E-state index contributed by atoms with van der Waals surface area (Å²) in [5.74, 6) is -0.112. The van der Waals surface area contributed by atoms with E-state index in [2.05, 4.69) is 5.32 Å². The van der Waals surface area contributed by atoms with E-state index in [-0.39, 0.29) is 32.1 Å².